The molecule has 21 nitrogen and oxygen atoms in total. The third-order valence-corrected chi connectivity index (χ3v) is 9.33. The number of benzene rings is 2. The number of rotatable bonds is 10. The molecule has 13 N–H and O–H groups in total. The first-order valence-electron chi connectivity index (χ1n) is 16.5. The second-order valence-electron chi connectivity index (χ2n) is 12.9. The molecule has 21 heteroatoms. The van der Waals surface area contributed by atoms with Gasteiger partial charge in [-0.3, -0.25) is 4.79 Å². The Morgan fingerprint density at radius 3 is 1.69 bits per heavy atom. The van der Waals surface area contributed by atoms with Gasteiger partial charge in [-0.05, 0) is 24.3 Å². The SMILES string of the molecule is O=c1c(O[C@@H]2O[C@H](CO)[C@H](O)[C@H](O)[C@@H]2O[C@@H]2O[C@H](CO)[C@H](O)[C@H](O)[C@@H]2O)c(-c2ccc(O)cc2)oc2cc(O[C@@H]3O[C@@H](CO)[C@@H](O)[C@H](O)[C@H]3O)cc(O)c12. The number of aromatic hydroxyl groups is 2. The Kier molecular flexibility index (Phi) is 11.9. The molecule has 4 heterocycles. The van der Waals surface area contributed by atoms with E-state index < -0.39 is 140 Å². The summed E-state index contributed by atoms with van der Waals surface area (Å²) in [6.45, 7) is -2.48. The maximum absolute atomic E-state index is 14.2. The number of hydrogen-bond acceptors (Lipinski definition) is 21. The summed E-state index contributed by atoms with van der Waals surface area (Å²) in [5.41, 5.74) is -1.38. The summed E-state index contributed by atoms with van der Waals surface area (Å²) in [7, 11) is 0. The zero-order valence-electron chi connectivity index (χ0n) is 27.8. The van der Waals surface area contributed by atoms with Crippen molar-refractivity contribution >= 4 is 11.0 Å². The van der Waals surface area contributed by atoms with Gasteiger partial charge in [0.05, 0.1) is 19.8 Å². The summed E-state index contributed by atoms with van der Waals surface area (Å²) in [5, 5.41) is 133. The molecule has 0 bridgehead atoms. The van der Waals surface area contributed by atoms with Crippen molar-refractivity contribution in [1.82, 2.24) is 0 Å². The van der Waals surface area contributed by atoms with Gasteiger partial charge >= 0.3 is 0 Å². The first-order chi connectivity index (χ1) is 25.7. The lowest BCUT2D eigenvalue weighted by Crippen LogP contribution is -2.65. The van der Waals surface area contributed by atoms with Crippen LogP contribution in [0.15, 0.2) is 45.6 Å². The summed E-state index contributed by atoms with van der Waals surface area (Å²) in [4.78, 5) is 14.2. The predicted octanol–water partition coefficient (Wildman–Crippen LogP) is -4.95. The van der Waals surface area contributed by atoms with E-state index in [1.54, 1.807) is 0 Å². The Balaban J connectivity index is 1.41. The molecule has 3 aliphatic heterocycles. The highest BCUT2D eigenvalue weighted by atomic mass is 16.8. The van der Waals surface area contributed by atoms with Crippen LogP contribution in [-0.2, 0) is 18.9 Å². The number of fused-ring (bicyclic) bond motifs is 1. The van der Waals surface area contributed by atoms with Gasteiger partial charge in [0.25, 0.3) is 0 Å². The van der Waals surface area contributed by atoms with Crippen molar-refractivity contribution in [2.75, 3.05) is 19.8 Å². The standard InChI is InChI=1S/C33H40O21/c34-7-15-19(39)23(43)26(46)31(50-15)48-12-5-13(38)18-14(6-12)49-28(10-1-3-11(37)4-2-10)29(22(18)42)53-33-30(25(45)21(41)17(9-36)52-33)54-32-27(47)24(44)20(40)16(8-35)51-32/h1-6,15-17,19-21,23-27,30-41,43-47H,7-9H2/t15-,16+,17+,19+,20-,21-,23-,24-,25-,26+,27-,30-,31+,32-,33-/m0/s1. The van der Waals surface area contributed by atoms with Crippen LogP contribution in [0.4, 0.5) is 0 Å². The Hall–Kier alpha value is -3.75. The highest BCUT2D eigenvalue weighted by Gasteiger charge is 2.52. The van der Waals surface area contributed by atoms with E-state index in [9.17, 15) is 71.2 Å². The Morgan fingerprint density at radius 2 is 1.11 bits per heavy atom. The minimum Gasteiger partial charge on any atom is -0.508 e. The lowest BCUT2D eigenvalue weighted by atomic mass is 9.97. The Bertz CT molecular complexity index is 1800. The smallest absolute Gasteiger partial charge is 0.239 e. The molecular formula is C33H40O21. The van der Waals surface area contributed by atoms with Crippen LogP contribution >= 0.6 is 0 Å². The molecule has 1 aromatic heterocycles. The molecule has 15 atom stereocenters. The fourth-order valence-corrected chi connectivity index (χ4v) is 6.28. The first kappa shape index (κ1) is 39.9. The number of ether oxygens (including phenoxy) is 6. The highest BCUT2D eigenvalue weighted by molar-refractivity contribution is 5.88. The van der Waals surface area contributed by atoms with Gasteiger partial charge in [0.15, 0.2) is 18.2 Å². The molecule has 0 aliphatic carbocycles. The fraction of sp³-hybridized carbons (Fsp3) is 0.545. The van der Waals surface area contributed by atoms with Crippen molar-refractivity contribution in [3.63, 3.8) is 0 Å². The predicted molar refractivity (Wildman–Crippen MR) is 173 cm³/mol. The van der Waals surface area contributed by atoms with Crippen LogP contribution in [0.3, 0.4) is 0 Å². The average molecular weight is 773 g/mol. The summed E-state index contributed by atoms with van der Waals surface area (Å²) < 4.78 is 39.6. The van der Waals surface area contributed by atoms with E-state index in [1.165, 1.54) is 24.3 Å². The van der Waals surface area contributed by atoms with Crippen molar-refractivity contribution in [1.29, 1.82) is 0 Å². The second-order valence-corrected chi connectivity index (χ2v) is 12.9. The molecule has 0 spiro atoms. The number of hydrogen-bond donors (Lipinski definition) is 13. The van der Waals surface area contributed by atoms with Crippen molar-refractivity contribution in [2.45, 2.75) is 92.1 Å². The quantitative estimate of drug-likeness (QED) is 0.0918. The van der Waals surface area contributed by atoms with Crippen molar-refractivity contribution in [2.24, 2.45) is 0 Å². The van der Waals surface area contributed by atoms with Crippen molar-refractivity contribution in [3.8, 4) is 34.3 Å². The number of phenols is 2. The third kappa shape index (κ3) is 7.45. The van der Waals surface area contributed by atoms with Crippen LogP contribution < -0.4 is 14.9 Å². The minimum atomic E-state index is -2.01. The van der Waals surface area contributed by atoms with E-state index >= 15 is 0 Å². The third-order valence-electron chi connectivity index (χ3n) is 9.33. The van der Waals surface area contributed by atoms with Crippen molar-refractivity contribution < 1.29 is 99.2 Å². The normalized spacial score (nSPS) is 37.3. The molecule has 3 aliphatic rings. The molecule has 6 rings (SSSR count). The number of aliphatic hydroxyl groups is 11. The summed E-state index contributed by atoms with van der Waals surface area (Å²) in [6.07, 6.45) is -26.7. The van der Waals surface area contributed by atoms with E-state index in [0.29, 0.717) is 0 Å². The van der Waals surface area contributed by atoms with Crippen LogP contribution in [0, 0.1) is 0 Å². The summed E-state index contributed by atoms with van der Waals surface area (Å²) in [5.74, 6) is -2.38. The molecule has 0 saturated carbocycles. The molecule has 0 radical (unpaired) electrons. The fourth-order valence-electron chi connectivity index (χ4n) is 6.28. The van der Waals surface area contributed by atoms with E-state index in [4.69, 9.17) is 32.8 Å². The van der Waals surface area contributed by atoms with Crippen LogP contribution in [0.5, 0.6) is 23.0 Å². The molecular weight excluding hydrogens is 732 g/mol. The Labute approximate surface area is 303 Å². The molecule has 298 valence electrons. The molecule has 3 aromatic rings. The van der Waals surface area contributed by atoms with Gasteiger partial charge in [-0.25, -0.2) is 0 Å². The Morgan fingerprint density at radius 1 is 0.593 bits per heavy atom. The van der Waals surface area contributed by atoms with Crippen LogP contribution in [-0.4, -0.2) is 178 Å². The van der Waals surface area contributed by atoms with E-state index in [0.717, 1.165) is 12.1 Å². The molecule has 54 heavy (non-hydrogen) atoms. The average Bonchev–Trinajstić information content (AvgIpc) is 3.15. The number of aliphatic hydroxyl groups excluding tert-OH is 11. The molecule has 3 saturated heterocycles. The van der Waals surface area contributed by atoms with Gasteiger partial charge in [-0.15, -0.1) is 0 Å². The molecule has 0 amide bonds. The molecule has 0 unspecified atom stereocenters. The van der Waals surface area contributed by atoms with Gasteiger partial charge in [0.2, 0.25) is 23.8 Å². The number of phenolic OH excluding ortho intramolecular Hbond substituents is 2. The molecule has 3 fully saturated rings. The topological polar surface area (TPSA) is 349 Å². The van der Waals surface area contributed by atoms with Gasteiger partial charge < -0.3 is 99.2 Å². The van der Waals surface area contributed by atoms with Crippen LogP contribution in [0.1, 0.15) is 0 Å². The van der Waals surface area contributed by atoms with Gasteiger partial charge in [-0.1, -0.05) is 0 Å². The van der Waals surface area contributed by atoms with E-state index in [1.807, 2.05) is 0 Å². The first-order valence-corrected chi connectivity index (χ1v) is 16.5. The summed E-state index contributed by atoms with van der Waals surface area (Å²) >= 11 is 0. The minimum absolute atomic E-state index is 0.0723. The van der Waals surface area contributed by atoms with Crippen LogP contribution in [0.25, 0.3) is 22.3 Å². The van der Waals surface area contributed by atoms with Gasteiger partial charge in [0, 0.05) is 17.7 Å². The highest BCUT2D eigenvalue weighted by Crippen LogP contribution is 2.39. The summed E-state index contributed by atoms with van der Waals surface area (Å²) in [6, 6.07) is 7.07. The van der Waals surface area contributed by atoms with Crippen molar-refractivity contribution in [3.05, 3.63) is 46.6 Å². The largest absolute Gasteiger partial charge is 0.508 e. The van der Waals surface area contributed by atoms with Crippen LogP contribution in [0.2, 0.25) is 0 Å². The monoisotopic (exact) mass is 772 g/mol. The van der Waals surface area contributed by atoms with E-state index in [-0.39, 0.29) is 22.6 Å². The van der Waals surface area contributed by atoms with Gasteiger partial charge in [0.1, 0.15) is 95.4 Å². The maximum atomic E-state index is 14.2. The zero-order chi connectivity index (χ0) is 39.2. The lowest BCUT2D eigenvalue weighted by Gasteiger charge is -2.45. The molecule has 2 aromatic carbocycles. The second kappa shape index (κ2) is 16.2. The maximum Gasteiger partial charge on any atom is 0.239 e. The lowest BCUT2D eigenvalue weighted by molar-refractivity contribution is -0.358. The zero-order valence-corrected chi connectivity index (χ0v) is 27.8. The van der Waals surface area contributed by atoms with Gasteiger partial charge in [-0.2, -0.15) is 0 Å². The van der Waals surface area contributed by atoms with E-state index in [2.05, 4.69) is 0 Å².